The van der Waals surface area contributed by atoms with Gasteiger partial charge in [-0.05, 0) is 23.8 Å². The van der Waals surface area contributed by atoms with Crippen molar-refractivity contribution in [3.63, 3.8) is 0 Å². The third kappa shape index (κ3) is 3.42. The van der Waals surface area contributed by atoms with Crippen molar-refractivity contribution in [3.8, 4) is 0 Å². The van der Waals surface area contributed by atoms with Crippen molar-refractivity contribution in [2.75, 3.05) is 0 Å². The van der Waals surface area contributed by atoms with E-state index in [4.69, 9.17) is 5.14 Å². The first kappa shape index (κ1) is 14.7. The molecule has 0 aliphatic heterocycles. The number of hydrogen-bond donors (Lipinski definition) is 3. The van der Waals surface area contributed by atoms with Gasteiger partial charge < -0.3 is 0 Å². The largest absolute Gasteiger partial charge is 0.266 e. The highest BCUT2D eigenvalue weighted by Gasteiger charge is 2.15. The summed E-state index contributed by atoms with van der Waals surface area (Å²) in [6.45, 7) is 0.0201. The Labute approximate surface area is 116 Å². The highest BCUT2D eigenvalue weighted by atomic mass is 32.2. The number of sulfonamides is 2. The lowest BCUT2D eigenvalue weighted by Crippen LogP contribution is -2.23. The minimum atomic E-state index is -3.75. The summed E-state index contributed by atoms with van der Waals surface area (Å²) in [4.78, 5) is -0.0299. The molecular weight excluding hydrogens is 304 g/mol. The molecule has 20 heavy (non-hydrogen) atoms. The molecule has 0 aliphatic rings. The van der Waals surface area contributed by atoms with E-state index in [1.165, 1.54) is 36.5 Å². The van der Waals surface area contributed by atoms with Crippen LogP contribution in [0.5, 0.6) is 0 Å². The Morgan fingerprint density at radius 1 is 1.10 bits per heavy atom. The van der Waals surface area contributed by atoms with Crippen LogP contribution in [0.3, 0.4) is 0 Å². The van der Waals surface area contributed by atoms with E-state index in [0.717, 1.165) is 0 Å². The fourth-order valence-corrected chi connectivity index (χ4v) is 2.89. The van der Waals surface area contributed by atoms with Gasteiger partial charge in [0.15, 0.2) is 5.03 Å². The smallest absolute Gasteiger partial charge is 0.257 e. The van der Waals surface area contributed by atoms with Crippen LogP contribution in [0.15, 0.2) is 46.5 Å². The summed E-state index contributed by atoms with van der Waals surface area (Å²) in [6, 6.07) is 6.92. The van der Waals surface area contributed by atoms with Gasteiger partial charge in [-0.2, -0.15) is 5.10 Å². The molecule has 0 spiro atoms. The molecule has 4 N–H and O–H groups in total. The molecule has 0 aliphatic carbocycles. The molecule has 0 amide bonds. The van der Waals surface area contributed by atoms with E-state index in [-0.39, 0.29) is 16.5 Å². The Balaban J connectivity index is 2.09. The summed E-state index contributed by atoms with van der Waals surface area (Å²) in [6.07, 6.45) is 1.33. The monoisotopic (exact) mass is 316 g/mol. The van der Waals surface area contributed by atoms with Crippen molar-refractivity contribution in [1.29, 1.82) is 0 Å². The van der Waals surface area contributed by atoms with Gasteiger partial charge in [-0.3, -0.25) is 5.10 Å². The zero-order chi connectivity index (χ0) is 14.8. The van der Waals surface area contributed by atoms with E-state index in [9.17, 15) is 16.8 Å². The Morgan fingerprint density at radius 2 is 1.75 bits per heavy atom. The normalized spacial score (nSPS) is 12.4. The molecule has 0 fully saturated rings. The molecule has 108 valence electrons. The molecule has 1 heterocycles. The molecule has 0 saturated heterocycles. The molecule has 2 rings (SSSR count). The van der Waals surface area contributed by atoms with Gasteiger partial charge >= 0.3 is 0 Å². The summed E-state index contributed by atoms with van der Waals surface area (Å²) in [5.74, 6) is 0. The molecule has 0 atom stereocenters. The van der Waals surface area contributed by atoms with Crippen molar-refractivity contribution < 1.29 is 16.8 Å². The van der Waals surface area contributed by atoms with Crippen molar-refractivity contribution in [2.45, 2.75) is 16.5 Å². The van der Waals surface area contributed by atoms with Crippen molar-refractivity contribution in [3.05, 3.63) is 42.1 Å². The molecule has 0 saturated carbocycles. The van der Waals surface area contributed by atoms with Crippen molar-refractivity contribution in [2.24, 2.45) is 5.14 Å². The van der Waals surface area contributed by atoms with Gasteiger partial charge in [-0.25, -0.2) is 26.7 Å². The maximum absolute atomic E-state index is 11.8. The van der Waals surface area contributed by atoms with Crippen LogP contribution in [0.25, 0.3) is 0 Å². The average Bonchev–Trinajstić information content (AvgIpc) is 2.90. The van der Waals surface area contributed by atoms with Crippen LogP contribution >= 0.6 is 0 Å². The fraction of sp³-hybridized carbons (Fsp3) is 0.100. The van der Waals surface area contributed by atoms with E-state index >= 15 is 0 Å². The number of benzene rings is 1. The standard InChI is InChI=1S/C10H12N4O4S2/c11-19(15,16)9-3-1-8(2-4-9)7-13-20(17,18)10-5-6-12-14-10/h1-6,13H,7H2,(H,12,14)(H2,11,15,16). The van der Waals surface area contributed by atoms with E-state index in [1.807, 2.05) is 0 Å². The van der Waals surface area contributed by atoms with Gasteiger partial charge in [-0.15, -0.1) is 0 Å². The zero-order valence-corrected chi connectivity index (χ0v) is 11.8. The topological polar surface area (TPSA) is 135 Å². The Kier molecular flexibility index (Phi) is 3.90. The molecule has 0 radical (unpaired) electrons. The quantitative estimate of drug-likeness (QED) is 0.685. The first-order valence-corrected chi connectivity index (χ1v) is 8.43. The van der Waals surface area contributed by atoms with Crippen LogP contribution in [-0.2, 0) is 26.6 Å². The highest BCUT2D eigenvalue weighted by Crippen LogP contribution is 2.10. The lowest BCUT2D eigenvalue weighted by molar-refractivity contribution is 0.576. The predicted octanol–water partition coefficient (Wildman–Crippen LogP) is -0.464. The second-order valence-electron chi connectivity index (χ2n) is 3.93. The number of rotatable bonds is 5. The van der Waals surface area contributed by atoms with Crippen molar-refractivity contribution in [1.82, 2.24) is 14.9 Å². The van der Waals surface area contributed by atoms with Crippen LogP contribution < -0.4 is 9.86 Å². The molecule has 0 unspecified atom stereocenters. The third-order valence-corrected chi connectivity index (χ3v) is 4.74. The van der Waals surface area contributed by atoms with Crippen molar-refractivity contribution >= 4 is 20.0 Å². The molecular formula is C10H12N4O4S2. The highest BCUT2D eigenvalue weighted by molar-refractivity contribution is 7.89. The van der Waals surface area contributed by atoms with Gasteiger partial charge in [0, 0.05) is 6.54 Å². The molecule has 2 aromatic rings. The van der Waals surface area contributed by atoms with Crippen LogP contribution in [0, 0.1) is 0 Å². The van der Waals surface area contributed by atoms with Gasteiger partial charge in [0.2, 0.25) is 10.0 Å². The van der Waals surface area contributed by atoms with Crippen LogP contribution in [-0.4, -0.2) is 27.0 Å². The number of H-pyrrole nitrogens is 1. The summed E-state index contributed by atoms with van der Waals surface area (Å²) >= 11 is 0. The van der Waals surface area contributed by atoms with Gasteiger partial charge in [0.1, 0.15) is 0 Å². The Morgan fingerprint density at radius 3 is 2.25 bits per heavy atom. The lowest BCUT2D eigenvalue weighted by Gasteiger charge is -2.05. The second kappa shape index (κ2) is 5.32. The van der Waals surface area contributed by atoms with E-state index in [1.54, 1.807) is 0 Å². The lowest BCUT2D eigenvalue weighted by atomic mass is 10.2. The maximum Gasteiger partial charge on any atom is 0.257 e. The minimum absolute atomic E-state index is 0.0201. The Hall–Kier alpha value is -1.75. The van der Waals surface area contributed by atoms with Crippen LogP contribution in [0.4, 0.5) is 0 Å². The SMILES string of the molecule is NS(=O)(=O)c1ccc(CNS(=O)(=O)c2ccn[nH]2)cc1. The average molecular weight is 316 g/mol. The number of nitrogens with zero attached hydrogens (tertiary/aromatic N) is 1. The number of primary sulfonamides is 1. The first-order chi connectivity index (χ1) is 9.29. The number of hydrogen-bond acceptors (Lipinski definition) is 5. The predicted molar refractivity (Wildman–Crippen MR) is 70.4 cm³/mol. The zero-order valence-electron chi connectivity index (χ0n) is 10.1. The van der Waals surface area contributed by atoms with Crippen LogP contribution in [0.2, 0.25) is 0 Å². The molecule has 1 aromatic heterocycles. The fourth-order valence-electron chi connectivity index (χ4n) is 1.45. The summed E-state index contributed by atoms with van der Waals surface area (Å²) < 4.78 is 48.1. The third-order valence-electron chi connectivity index (χ3n) is 2.48. The van der Waals surface area contributed by atoms with Crippen LogP contribution in [0.1, 0.15) is 5.56 Å². The van der Waals surface area contributed by atoms with E-state index in [0.29, 0.717) is 5.56 Å². The van der Waals surface area contributed by atoms with Gasteiger partial charge in [0.05, 0.1) is 11.1 Å². The van der Waals surface area contributed by atoms with E-state index < -0.39 is 20.0 Å². The number of nitrogens with one attached hydrogen (secondary N) is 2. The summed E-state index contributed by atoms with van der Waals surface area (Å²) in [7, 11) is -7.41. The Bertz CT molecular complexity index is 780. The van der Waals surface area contributed by atoms with Gasteiger partial charge in [0.25, 0.3) is 10.0 Å². The first-order valence-electron chi connectivity index (χ1n) is 5.40. The van der Waals surface area contributed by atoms with Gasteiger partial charge in [-0.1, -0.05) is 12.1 Å². The van der Waals surface area contributed by atoms with E-state index in [2.05, 4.69) is 14.9 Å². The summed E-state index contributed by atoms with van der Waals surface area (Å²) in [5, 5.41) is 10.8. The molecule has 1 aromatic carbocycles. The molecule has 10 heteroatoms. The minimum Gasteiger partial charge on any atom is -0.266 e. The number of aromatic nitrogens is 2. The number of aromatic amines is 1. The maximum atomic E-state index is 11.8. The second-order valence-corrected chi connectivity index (χ2v) is 7.23. The number of nitrogens with two attached hydrogens (primary N) is 1. The summed E-state index contributed by atoms with van der Waals surface area (Å²) in [5.41, 5.74) is 0.598. The molecule has 0 bridgehead atoms. The molecule has 8 nitrogen and oxygen atoms in total.